The zero-order valence-electron chi connectivity index (χ0n) is 17.9. The Hall–Kier alpha value is -2.81. The van der Waals surface area contributed by atoms with Gasteiger partial charge in [0.15, 0.2) is 0 Å². The molecule has 3 heterocycles. The van der Waals surface area contributed by atoms with Crippen LogP contribution in [0.4, 0.5) is 24.7 Å². The van der Waals surface area contributed by atoms with Gasteiger partial charge in [-0.3, -0.25) is 9.59 Å². The largest absolute Gasteiger partial charge is 0.417 e. The molecule has 0 spiro atoms. The summed E-state index contributed by atoms with van der Waals surface area (Å²) in [5, 5.41) is 2.91. The molecule has 10 heteroatoms. The molecule has 0 unspecified atom stereocenters. The highest BCUT2D eigenvalue weighted by Gasteiger charge is 2.33. The summed E-state index contributed by atoms with van der Waals surface area (Å²) < 4.78 is 38.5. The fraction of sp³-hybridized carbons (Fsp3) is 0.435. The van der Waals surface area contributed by atoms with E-state index in [4.69, 9.17) is 11.6 Å². The van der Waals surface area contributed by atoms with Crippen LogP contribution in [0.15, 0.2) is 36.5 Å². The molecule has 2 fully saturated rings. The Morgan fingerprint density at radius 3 is 2.58 bits per heavy atom. The van der Waals surface area contributed by atoms with Crippen LogP contribution < -0.4 is 15.1 Å². The van der Waals surface area contributed by atoms with Crippen molar-refractivity contribution in [2.24, 2.45) is 5.92 Å². The van der Waals surface area contributed by atoms with Gasteiger partial charge >= 0.3 is 6.18 Å². The van der Waals surface area contributed by atoms with E-state index >= 15 is 0 Å². The minimum Gasteiger partial charge on any atom is -0.355 e. The van der Waals surface area contributed by atoms with Crippen molar-refractivity contribution in [1.82, 2.24) is 10.3 Å². The quantitative estimate of drug-likeness (QED) is 0.688. The minimum absolute atomic E-state index is 0.0518. The van der Waals surface area contributed by atoms with E-state index < -0.39 is 11.7 Å². The van der Waals surface area contributed by atoms with Gasteiger partial charge < -0.3 is 15.1 Å². The van der Waals surface area contributed by atoms with Gasteiger partial charge in [-0.25, -0.2) is 4.98 Å². The Morgan fingerprint density at radius 1 is 1.18 bits per heavy atom. The Bertz CT molecular complexity index is 1040. The molecule has 0 aliphatic carbocycles. The van der Waals surface area contributed by atoms with Crippen LogP contribution in [0, 0.1) is 5.92 Å². The first-order valence-electron chi connectivity index (χ1n) is 10.9. The van der Waals surface area contributed by atoms with Crippen molar-refractivity contribution in [3.63, 3.8) is 0 Å². The van der Waals surface area contributed by atoms with E-state index in [1.165, 1.54) is 0 Å². The second-order valence-electron chi connectivity index (χ2n) is 8.33. The van der Waals surface area contributed by atoms with Gasteiger partial charge in [0.1, 0.15) is 5.82 Å². The monoisotopic (exact) mass is 480 g/mol. The first kappa shape index (κ1) is 23.4. The van der Waals surface area contributed by atoms with E-state index in [1.54, 1.807) is 4.90 Å². The van der Waals surface area contributed by atoms with Crippen molar-refractivity contribution in [2.45, 2.75) is 38.4 Å². The van der Waals surface area contributed by atoms with Gasteiger partial charge in [0, 0.05) is 50.4 Å². The van der Waals surface area contributed by atoms with Crippen molar-refractivity contribution in [3.05, 3.63) is 52.7 Å². The summed E-state index contributed by atoms with van der Waals surface area (Å²) in [7, 11) is 0. The molecule has 0 atom stereocenters. The summed E-state index contributed by atoms with van der Waals surface area (Å²) in [6.07, 6.45) is -1.20. The van der Waals surface area contributed by atoms with Gasteiger partial charge in [-0.15, -0.1) is 0 Å². The van der Waals surface area contributed by atoms with Crippen LogP contribution in [0.2, 0.25) is 5.02 Å². The van der Waals surface area contributed by atoms with Crippen molar-refractivity contribution in [2.75, 3.05) is 29.4 Å². The van der Waals surface area contributed by atoms with Crippen LogP contribution in [0.1, 0.15) is 36.8 Å². The number of carbonyl (C=O) groups excluding carboxylic acids is 2. The van der Waals surface area contributed by atoms with E-state index in [1.807, 2.05) is 29.2 Å². The third-order valence-electron chi connectivity index (χ3n) is 6.08. The van der Waals surface area contributed by atoms with Crippen molar-refractivity contribution < 1.29 is 22.8 Å². The predicted molar refractivity (Wildman–Crippen MR) is 119 cm³/mol. The van der Waals surface area contributed by atoms with Crippen molar-refractivity contribution >= 4 is 34.9 Å². The standard InChI is InChI=1S/C23H24ClF3N4O2/c24-19-12-17(23(25,26)27)14-28-21(19)30-9-6-16(7-10-30)22(33)29-13-15-3-1-4-18(11-15)31-8-2-5-20(31)32/h1,3-4,11-12,14,16H,2,5-10,13H2,(H,29,33). The van der Waals surface area contributed by atoms with Gasteiger partial charge in [-0.2, -0.15) is 13.2 Å². The molecule has 0 radical (unpaired) electrons. The molecule has 2 aliphatic rings. The fourth-order valence-corrected chi connectivity index (χ4v) is 4.55. The molecule has 1 aromatic heterocycles. The maximum absolute atomic E-state index is 12.8. The number of alkyl halides is 3. The number of rotatable bonds is 5. The summed E-state index contributed by atoms with van der Waals surface area (Å²) >= 11 is 6.05. The van der Waals surface area contributed by atoms with Crippen LogP contribution in [0.25, 0.3) is 0 Å². The number of nitrogens with zero attached hydrogens (tertiary/aromatic N) is 3. The summed E-state index contributed by atoms with van der Waals surface area (Å²) in [6, 6.07) is 8.48. The zero-order valence-corrected chi connectivity index (χ0v) is 18.6. The highest BCUT2D eigenvalue weighted by molar-refractivity contribution is 6.33. The minimum atomic E-state index is -4.50. The third kappa shape index (κ3) is 5.40. The number of halogens is 4. The van der Waals surface area contributed by atoms with Gasteiger partial charge in [0.25, 0.3) is 0 Å². The number of amides is 2. The van der Waals surface area contributed by atoms with E-state index in [-0.39, 0.29) is 22.8 Å². The summed E-state index contributed by atoms with van der Waals surface area (Å²) in [4.78, 5) is 32.1. The van der Waals surface area contributed by atoms with Gasteiger partial charge in [0.05, 0.1) is 10.6 Å². The van der Waals surface area contributed by atoms with E-state index in [2.05, 4.69) is 10.3 Å². The van der Waals surface area contributed by atoms with Crippen LogP contribution in [0.3, 0.4) is 0 Å². The number of benzene rings is 1. The molecule has 33 heavy (non-hydrogen) atoms. The summed E-state index contributed by atoms with van der Waals surface area (Å²) in [5.41, 5.74) is 0.876. The Balaban J connectivity index is 1.30. The molecule has 2 aliphatic heterocycles. The molecule has 4 rings (SSSR count). The van der Waals surface area contributed by atoms with Crippen molar-refractivity contribution in [1.29, 1.82) is 0 Å². The van der Waals surface area contributed by atoms with Crippen LogP contribution in [0.5, 0.6) is 0 Å². The molecule has 2 saturated heterocycles. The van der Waals surface area contributed by atoms with E-state index in [9.17, 15) is 22.8 Å². The van der Waals surface area contributed by atoms with Crippen LogP contribution in [-0.4, -0.2) is 36.4 Å². The number of pyridine rings is 1. The molecular formula is C23H24ClF3N4O2. The fourth-order valence-electron chi connectivity index (χ4n) is 4.26. The average molecular weight is 481 g/mol. The van der Waals surface area contributed by atoms with Gasteiger partial charge in [-0.1, -0.05) is 23.7 Å². The molecule has 2 aromatic rings. The number of nitrogens with one attached hydrogen (secondary N) is 1. The molecule has 0 bridgehead atoms. The van der Waals surface area contributed by atoms with E-state index in [0.29, 0.717) is 51.3 Å². The zero-order chi connectivity index (χ0) is 23.6. The molecule has 176 valence electrons. The lowest BCUT2D eigenvalue weighted by Crippen LogP contribution is -2.40. The number of hydrogen-bond acceptors (Lipinski definition) is 4. The first-order valence-corrected chi connectivity index (χ1v) is 11.2. The molecule has 1 N–H and O–H groups in total. The van der Waals surface area contributed by atoms with E-state index in [0.717, 1.165) is 29.9 Å². The maximum atomic E-state index is 12.8. The molecular weight excluding hydrogens is 457 g/mol. The Morgan fingerprint density at radius 2 is 1.94 bits per heavy atom. The average Bonchev–Trinajstić information content (AvgIpc) is 3.23. The number of hydrogen-bond donors (Lipinski definition) is 1. The lowest BCUT2D eigenvalue weighted by Gasteiger charge is -2.32. The maximum Gasteiger partial charge on any atom is 0.417 e. The molecule has 2 amide bonds. The number of carbonyl (C=O) groups is 2. The second kappa shape index (κ2) is 9.59. The molecule has 1 aromatic carbocycles. The summed E-state index contributed by atoms with van der Waals surface area (Å²) in [6.45, 7) is 2.03. The lowest BCUT2D eigenvalue weighted by atomic mass is 9.95. The van der Waals surface area contributed by atoms with Gasteiger partial charge in [0.2, 0.25) is 11.8 Å². The molecule has 0 saturated carbocycles. The van der Waals surface area contributed by atoms with Crippen LogP contribution in [-0.2, 0) is 22.3 Å². The SMILES string of the molecule is O=C(NCc1cccc(N2CCCC2=O)c1)C1CCN(c2ncc(C(F)(F)F)cc2Cl)CC1. The topological polar surface area (TPSA) is 65.5 Å². The number of anilines is 2. The highest BCUT2D eigenvalue weighted by Crippen LogP contribution is 2.34. The Kier molecular flexibility index (Phi) is 6.78. The third-order valence-corrected chi connectivity index (χ3v) is 6.35. The predicted octanol–water partition coefficient (Wildman–Crippen LogP) is 4.41. The summed E-state index contributed by atoms with van der Waals surface area (Å²) in [5.74, 6) is 0.156. The smallest absolute Gasteiger partial charge is 0.355 e. The Labute approximate surface area is 194 Å². The lowest BCUT2D eigenvalue weighted by molar-refractivity contribution is -0.137. The van der Waals surface area contributed by atoms with Gasteiger partial charge in [-0.05, 0) is 43.0 Å². The number of aromatic nitrogens is 1. The highest BCUT2D eigenvalue weighted by atomic mass is 35.5. The second-order valence-corrected chi connectivity index (χ2v) is 8.73. The molecule has 6 nitrogen and oxygen atoms in total. The number of piperidine rings is 1. The van der Waals surface area contributed by atoms with Crippen molar-refractivity contribution in [3.8, 4) is 0 Å². The first-order chi connectivity index (χ1) is 15.7. The normalized spacial score (nSPS) is 17.5. The van der Waals surface area contributed by atoms with Crippen LogP contribution >= 0.6 is 11.6 Å².